The summed E-state index contributed by atoms with van der Waals surface area (Å²) in [5.74, 6) is -0.706. The van der Waals surface area contributed by atoms with E-state index < -0.39 is 11.5 Å². The summed E-state index contributed by atoms with van der Waals surface area (Å²) in [6, 6.07) is 0. The minimum atomic E-state index is -1.18. The number of carbonyl (C=O) groups is 1. The summed E-state index contributed by atoms with van der Waals surface area (Å²) >= 11 is 21.4. The van der Waals surface area contributed by atoms with Crippen LogP contribution < -0.4 is 0 Å². The van der Waals surface area contributed by atoms with Crippen molar-refractivity contribution >= 4 is 52.4 Å². The lowest BCUT2D eigenvalue weighted by molar-refractivity contribution is -0.138. The summed E-state index contributed by atoms with van der Waals surface area (Å²) < 4.78 is 4.23. The average Bonchev–Trinajstić information content (AvgIpc) is 2.02. The maximum absolute atomic E-state index is 10.6. The predicted molar refractivity (Wildman–Crippen MR) is 50.5 cm³/mol. The molecule has 0 aromatic rings. The van der Waals surface area contributed by atoms with Gasteiger partial charge < -0.3 is 4.74 Å². The van der Waals surface area contributed by atoms with Gasteiger partial charge in [-0.05, 0) is 0 Å². The molecule has 1 unspecified atom stereocenters. The van der Waals surface area contributed by atoms with Gasteiger partial charge in [-0.3, -0.25) is 0 Å². The van der Waals surface area contributed by atoms with Crippen LogP contribution in [0.15, 0.2) is 22.2 Å². The third kappa shape index (κ3) is 4.21. The number of rotatable bonds is 3. The van der Waals surface area contributed by atoms with Crippen LogP contribution in [-0.2, 0) is 9.53 Å². The molecule has 0 fully saturated rings. The molecule has 68 valence electrons. The van der Waals surface area contributed by atoms with E-state index in [1.165, 1.54) is 0 Å². The second-order valence-electron chi connectivity index (χ2n) is 1.57. The Morgan fingerprint density at radius 2 is 1.92 bits per heavy atom. The first-order chi connectivity index (χ1) is 5.49. The Balaban J connectivity index is 4.23. The van der Waals surface area contributed by atoms with Crippen molar-refractivity contribution in [3.63, 3.8) is 0 Å². The molecule has 6 heteroatoms. The fourth-order valence-corrected chi connectivity index (χ4v) is 0.839. The molecule has 2 nitrogen and oxygen atoms in total. The quantitative estimate of drug-likeness (QED) is 0.436. The summed E-state index contributed by atoms with van der Waals surface area (Å²) in [6.45, 7) is 3.16. The monoisotopic (exact) mass is 248 g/mol. The summed E-state index contributed by atoms with van der Waals surface area (Å²) in [5.41, 5.74) is -1.18. The molecule has 0 bridgehead atoms. The number of halogens is 4. The standard InChI is InChI=1S/C6H4Cl4O2/c1-2-3(11)12-6(10)4(7)5(8)9/h2,6H,1H2. The van der Waals surface area contributed by atoms with Crippen molar-refractivity contribution < 1.29 is 9.53 Å². The number of hydrogen-bond donors (Lipinski definition) is 0. The van der Waals surface area contributed by atoms with Crippen LogP contribution in [-0.4, -0.2) is 11.5 Å². The lowest BCUT2D eigenvalue weighted by Gasteiger charge is -2.07. The van der Waals surface area contributed by atoms with Crippen LogP contribution >= 0.6 is 46.4 Å². The van der Waals surface area contributed by atoms with Gasteiger partial charge in [0.1, 0.15) is 9.52 Å². The molecule has 0 spiro atoms. The molecule has 0 aliphatic rings. The number of carbonyl (C=O) groups excluding carboxylic acids is 1. The van der Waals surface area contributed by atoms with Crippen molar-refractivity contribution in [2.45, 2.75) is 5.56 Å². The Kier molecular flexibility index (Phi) is 5.76. The fraction of sp³-hybridized carbons (Fsp3) is 0.167. The largest absolute Gasteiger partial charge is 0.437 e. The molecule has 0 rings (SSSR count). The Bertz CT molecular complexity index is 220. The Hall–Kier alpha value is 0.110. The van der Waals surface area contributed by atoms with E-state index in [2.05, 4.69) is 11.3 Å². The van der Waals surface area contributed by atoms with Crippen LogP contribution in [0.3, 0.4) is 0 Å². The molecule has 1 atom stereocenters. The normalized spacial score (nSPS) is 11.7. The highest BCUT2D eigenvalue weighted by atomic mass is 35.5. The van der Waals surface area contributed by atoms with Crippen molar-refractivity contribution in [1.29, 1.82) is 0 Å². The van der Waals surface area contributed by atoms with Gasteiger partial charge >= 0.3 is 5.97 Å². The average molecular weight is 250 g/mol. The van der Waals surface area contributed by atoms with Crippen molar-refractivity contribution in [3.8, 4) is 0 Å². The van der Waals surface area contributed by atoms with E-state index >= 15 is 0 Å². The van der Waals surface area contributed by atoms with Crippen LogP contribution in [0, 0.1) is 0 Å². The highest BCUT2D eigenvalue weighted by molar-refractivity contribution is 6.60. The number of ether oxygens (including phenoxy) is 1. The van der Waals surface area contributed by atoms with Crippen LogP contribution in [0.2, 0.25) is 0 Å². The zero-order valence-electron chi connectivity index (χ0n) is 5.69. The van der Waals surface area contributed by atoms with E-state index in [-0.39, 0.29) is 9.52 Å². The molecular weight excluding hydrogens is 246 g/mol. The third-order valence-corrected chi connectivity index (χ3v) is 2.17. The first-order valence-electron chi connectivity index (χ1n) is 2.66. The lowest BCUT2D eigenvalue weighted by atomic mass is 10.6. The molecule has 0 radical (unpaired) electrons. The SMILES string of the molecule is C=CC(=O)OC(Cl)C(Cl)=C(Cl)Cl. The van der Waals surface area contributed by atoms with Gasteiger partial charge in [-0.1, -0.05) is 53.0 Å². The van der Waals surface area contributed by atoms with E-state index in [0.29, 0.717) is 0 Å². The maximum atomic E-state index is 10.6. The Morgan fingerprint density at radius 1 is 1.42 bits per heavy atom. The molecule has 0 saturated carbocycles. The number of hydrogen-bond acceptors (Lipinski definition) is 2. The van der Waals surface area contributed by atoms with Gasteiger partial charge in [0.25, 0.3) is 0 Å². The highest BCUT2D eigenvalue weighted by Crippen LogP contribution is 2.25. The molecule has 12 heavy (non-hydrogen) atoms. The van der Waals surface area contributed by atoms with Crippen molar-refractivity contribution in [3.05, 3.63) is 22.2 Å². The molecule has 0 saturated heterocycles. The molecule has 0 heterocycles. The fourth-order valence-electron chi connectivity index (χ4n) is 0.288. The number of esters is 1. The molecule has 0 aromatic heterocycles. The van der Waals surface area contributed by atoms with Crippen LogP contribution in [0.5, 0.6) is 0 Å². The van der Waals surface area contributed by atoms with Crippen LogP contribution in [0.1, 0.15) is 0 Å². The van der Waals surface area contributed by atoms with Gasteiger partial charge in [0.05, 0.1) is 0 Å². The third-order valence-electron chi connectivity index (χ3n) is 0.766. The Morgan fingerprint density at radius 3 is 2.25 bits per heavy atom. The molecule has 0 amide bonds. The molecule has 0 N–H and O–H groups in total. The van der Waals surface area contributed by atoms with Crippen molar-refractivity contribution in [2.75, 3.05) is 0 Å². The summed E-state index contributed by atoms with van der Waals surface area (Å²) in [6.07, 6.45) is 0.946. The first-order valence-corrected chi connectivity index (χ1v) is 4.24. The molecule has 0 aliphatic carbocycles. The topological polar surface area (TPSA) is 26.3 Å². The van der Waals surface area contributed by atoms with Gasteiger partial charge in [-0.25, -0.2) is 4.79 Å². The van der Waals surface area contributed by atoms with Crippen LogP contribution in [0.4, 0.5) is 0 Å². The number of alkyl halides is 1. The van der Waals surface area contributed by atoms with Crippen molar-refractivity contribution in [1.82, 2.24) is 0 Å². The summed E-state index contributed by atoms with van der Waals surface area (Å²) in [7, 11) is 0. The zero-order valence-corrected chi connectivity index (χ0v) is 8.71. The second-order valence-corrected chi connectivity index (χ2v) is 3.32. The van der Waals surface area contributed by atoms with Gasteiger partial charge in [0.2, 0.25) is 5.56 Å². The lowest BCUT2D eigenvalue weighted by Crippen LogP contribution is -2.10. The van der Waals surface area contributed by atoms with Gasteiger partial charge in [0.15, 0.2) is 0 Å². The van der Waals surface area contributed by atoms with Gasteiger partial charge in [0, 0.05) is 6.08 Å². The summed E-state index contributed by atoms with van der Waals surface area (Å²) in [5, 5.41) is -0.143. The molecular formula is C6H4Cl4O2. The first kappa shape index (κ1) is 12.1. The van der Waals surface area contributed by atoms with Crippen LogP contribution in [0.25, 0.3) is 0 Å². The highest BCUT2D eigenvalue weighted by Gasteiger charge is 2.15. The van der Waals surface area contributed by atoms with E-state index in [1.807, 2.05) is 0 Å². The van der Waals surface area contributed by atoms with E-state index in [4.69, 9.17) is 46.4 Å². The van der Waals surface area contributed by atoms with Crippen molar-refractivity contribution in [2.24, 2.45) is 0 Å². The molecule has 0 aromatic carbocycles. The van der Waals surface area contributed by atoms with E-state index in [1.54, 1.807) is 0 Å². The van der Waals surface area contributed by atoms with E-state index in [9.17, 15) is 4.79 Å². The zero-order chi connectivity index (χ0) is 9.72. The van der Waals surface area contributed by atoms with Gasteiger partial charge in [-0.2, -0.15) is 0 Å². The minimum absolute atomic E-state index is 0.143. The minimum Gasteiger partial charge on any atom is -0.437 e. The predicted octanol–water partition coefficient (Wildman–Crippen LogP) is 3.17. The maximum Gasteiger partial charge on any atom is 0.331 e. The smallest absolute Gasteiger partial charge is 0.331 e. The Labute approximate surface area is 89.7 Å². The summed E-state index contributed by atoms with van der Waals surface area (Å²) in [4.78, 5) is 10.6. The molecule has 0 aliphatic heterocycles. The van der Waals surface area contributed by atoms with E-state index in [0.717, 1.165) is 6.08 Å². The van der Waals surface area contributed by atoms with Gasteiger partial charge in [-0.15, -0.1) is 0 Å². The second kappa shape index (κ2) is 5.70.